The summed E-state index contributed by atoms with van der Waals surface area (Å²) in [7, 11) is -3.56. The minimum absolute atomic E-state index is 0. The van der Waals surface area contributed by atoms with E-state index in [-0.39, 0.29) is 30.1 Å². The van der Waals surface area contributed by atoms with Crippen LogP contribution in [0.15, 0.2) is 24.3 Å². The van der Waals surface area contributed by atoms with Crippen molar-refractivity contribution < 1.29 is 13.2 Å². The monoisotopic (exact) mass is 347 g/mol. The Morgan fingerprint density at radius 1 is 1.23 bits per heavy atom. The number of primary sulfonamides is 1. The zero-order chi connectivity index (χ0) is 15.5. The van der Waals surface area contributed by atoms with Crippen LogP contribution in [0.2, 0.25) is 0 Å². The van der Waals surface area contributed by atoms with Crippen molar-refractivity contribution in [2.75, 3.05) is 13.1 Å². The number of hydrogen-bond donors (Lipinski definition) is 2. The molecule has 0 bridgehead atoms. The van der Waals surface area contributed by atoms with Crippen molar-refractivity contribution in [1.82, 2.24) is 4.90 Å². The van der Waals surface area contributed by atoms with Gasteiger partial charge in [-0.05, 0) is 37.0 Å². The summed E-state index contributed by atoms with van der Waals surface area (Å²) in [5.41, 5.74) is 6.85. The van der Waals surface area contributed by atoms with E-state index >= 15 is 0 Å². The summed E-state index contributed by atoms with van der Waals surface area (Å²) in [6.45, 7) is 1.19. The van der Waals surface area contributed by atoms with Crippen molar-refractivity contribution in [3.63, 3.8) is 0 Å². The number of hydrogen-bond acceptors (Lipinski definition) is 4. The number of benzene rings is 1. The van der Waals surface area contributed by atoms with E-state index in [4.69, 9.17) is 10.9 Å². The molecule has 1 aromatic rings. The Morgan fingerprint density at radius 2 is 1.86 bits per heavy atom. The highest BCUT2D eigenvalue weighted by Gasteiger charge is 2.26. The number of nitrogens with zero attached hydrogens (tertiary/aromatic N) is 1. The Balaban J connectivity index is 0.00000242. The van der Waals surface area contributed by atoms with E-state index in [1.54, 1.807) is 24.3 Å². The standard InChI is InChI=1S/C14H21N3O3S.ClH/c15-9-13-3-1-2-8-17(13)14(18)12-6-4-11(5-7-12)10-21(16,19)20;/h4-7,13H,1-3,8-10,15H2,(H2,16,19,20);1H. The van der Waals surface area contributed by atoms with Gasteiger partial charge in [0.2, 0.25) is 10.0 Å². The predicted octanol–water partition coefficient (Wildman–Crippen LogP) is 0.850. The van der Waals surface area contributed by atoms with Crippen LogP contribution in [0.3, 0.4) is 0 Å². The lowest BCUT2D eigenvalue weighted by Gasteiger charge is -2.35. The molecule has 4 N–H and O–H groups in total. The molecule has 6 nitrogen and oxygen atoms in total. The topological polar surface area (TPSA) is 106 Å². The second-order valence-electron chi connectivity index (χ2n) is 5.39. The molecule has 1 aliphatic rings. The largest absolute Gasteiger partial charge is 0.334 e. The van der Waals surface area contributed by atoms with E-state index in [9.17, 15) is 13.2 Å². The van der Waals surface area contributed by atoms with Crippen molar-refractivity contribution >= 4 is 28.3 Å². The number of likely N-dealkylation sites (tertiary alicyclic amines) is 1. The summed E-state index contributed by atoms with van der Waals surface area (Å²) in [5.74, 6) is -0.274. The Hall–Kier alpha value is -1.15. The quantitative estimate of drug-likeness (QED) is 0.841. The predicted molar refractivity (Wildman–Crippen MR) is 88.2 cm³/mol. The molecule has 0 radical (unpaired) electrons. The molecular weight excluding hydrogens is 326 g/mol. The second-order valence-corrected chi connectivity index (χ2v) is 7.00. The van der Waals surface area contributed by atoms with Crippen LogP contribution in [0.4, 0.5) is 0 Å². The minimum atomic E-state index is -3.56. The molecule has 1 saturated heterocycles. The SMILES string of the molecule is Cl.NCC1CCCCN1C(=O)c1ccc(CS(N)(=O)=O)cc1. The van der Waals surface area contributed by atoms with Gasteiger partial charge < -0.3 is 10.6 Å². The number of carbonyl (C=O) groups excluding carboxylic acids is 1. The highest BCUT2D eigenvalue weighted by molar-refractivity contribution is 7.88. The number of sulfonamides is 1. The molecular formula is C14H22ClN3O3S. The fraction of sp³-hybridized carbons (Fsp3) is 0.500. The lowest BCUT2D eigenvalue weighted by Crippen LogP contribution is -2.47. The average molecular weight is 348 g/mol. The van der Waals surface area contributed by atoms with E-state index in [1.165, 1.54) is 0 Å². The van der Waals surface area contributed by atoms with Crippen LogP contribution < -0.4 is 10.9 Å². The number of carbonyl (C=O) groups is 1. The van der Waals surface area contributed by atoms with Crippen LogP contribution in [0.25, 0.3) is 0 Å². The smallest absolute Gasteiger partial charge is 0.254 e. The summed E-state index contributed by atoms with van der Waals surface area (Å²) in [5, 5.41) is 5.00. The van der Waals surface area contributed by atoms with Crippen LogP contribution in [-0.4, -0.2) is 38.4 Å². The van der Waals surface area contributed by atoms with Gasteiger partial charge in [0.15, 0.2) is 0 Å². The summed E-state index contributed by atoms with van der Waals surface area (Å²) >= 11 is 0. The van der Waals surface area contributed by atoms with E-state index in [2.05, 4.69) is 0 Å². The first-order valence-corrected chi connectivity index (χ1v) is 8.72. The zero-order valence-corrected chi connectivity index (χ0v) is 13.9. The third-order valence-corrected chi connectivity index (χ3v) is 4.46. The van der Waals surface area contributed by atoms with Crippen LogP contribution in [0.5, 0.6) is 0 Å². The Bertz CT molecular complexity index is 604. The maximum absolute atomic E-state index is 12.5. The number of nitrogens with two attached hydrogens (primary N) is 2. The third kappa shape index (κ3) is 4.95. The first-order valence-electron chi connectivity index (χ1n) is 7.01. The highest BCUT2D eigenvalue weighted by atomic mass is 35.5. The van der Waals surface area contributed by atoms with Crippen LogP contribution in [0, 0.1) is 0 Å². The second kappa shape index (κ2) is 7.92. The molecule has 2 rings (SSSR count). The number of halogens is 1. The van der Waals surface area contributed by atoms with Gasteiger partial charge in [-0.1, -0.05) is 12.1 Å². The molecule has 0 saturated carbocycles. The molecule has 1 aromatic carbocycles. The molecule has 124 valence electrons. The van der Waals surface area contributed by atoms with Crippen LogP contribution >= 0.6 is 12.4 Å². The molecule has 1 unspecified atom stereocenters. The molecule has 1 amide bonds. The van der Waals surface area contributed by atoms with Gasteiger partial charge in [0, 0.05) is 24.7 Å². The van der Waals surface area contributed by atoms with Crippen LogP contribution in [-0.2, 0) is 15.8 Å². The summed E-state index contributed by atoms with van der Waals surface area (Å²) in [6, 6.07) is 6.63. The van der Waals surface area contributed by atoms with Crippen molar-refractivity contribution in [1.29, 1.82) is 0 Å². The van der Waals surface area contributed by atoms with E-state index in [0.717, 1.165) is 25.8 Å². The van der Waals surface area contributed by atoms with Crippen molar-refractivity contribution in [2.45, 2.75) is 31.1 Å². The highest BCUT2D eigenvalue weighted by Crippen LogP contribution is 2.19. The van der Waals surface area contributed by atoms with Gasteiger partial charge in [-0.15, -0.1) is 12.4 Å². The van der Waals surface area contributed by atoms with Gasteiger partial charge in [-0.3, -0.25) is 4.79 Å². The van der Waals surface area contributed by atoms with E-state index in [0.29, 0.717) is 17.7 Å². The van der Waals surface area contributed by atoms with Crippen molar-refractivity contribution in [3.05, 3.63) is 35.4 Å². The van der Waals surface area contributed by atoms with Crippen LogP contribution in [0.1, 0.15) is 35.2 Å². The number of amides is 1. The molecule has 0 aliphatic carbocycles. The van der Waals surface area contributed by atoms with E-state index < -0.39 is 10.0 Å². The van der Waals surface area contributed by atoms with Crippen molar-refractivity contribution in [2.24, 2.45) is 10.9 Å². The maximum atomic E-state index is 12.5. The van der Waals surface area contributed by atoms with Gasteiger partial charge in [-0.25, -0.2) is 13.6 Å². The molecule has 22 heavy (non-hydrogen) atoms. The van der Waals surface area contributed by atoms with Gasteiger partial charge >= 0.3 is 0 Å². The normalized spacial score (nSPS) is 18.6. The summed E-state index contributed by atoms with van der Waals surface area (Å²) < 4.78 is 22.1. The average Bonchev–Trinajstić information content (AvgIpc) is 2.45. The fourth-order valence-electron chi connectivity index (χ4n) is 2.65. The number of piperidine rings is 1. The van der Waals surface area contributed by atoms with Gasteiger partial charge in [0.1, 0.15) is 0 Å². The lowest BCUT2D eigenvalue weighted by atomic mass is 10.0. The van der Waals surface area contributed by atoms with Gasteiger partial charge in [0.05, 0.1) is 5.75 Å². The summed E-state index contributed by atoms with van der Waals surface area (Å²) in [6.07, 6.45) is 3.02. The molecule has 8 heteroatoms. The minimum Gasteiger partial charge on any atom is -0.334 e. The van der Waals surface area contributed by atoms with Gasteiger partial charge in [-0.2, -0.15) is 0 Å². The van der Waals surface area contributed by atoms with Gasteiger partial charge in [0.25, 0.3) is 5.91 Å². The molecule has 0 spiro atoms. The fourth-order valence-corrected chi connectivity index (χ4v) is 3.31. The molecule has 1 aliphatic heterocycles. The molecule has 1 heterocycles. The maximum Gasteiger partial charge on any atom is 0.254 e. The first-order chi connectivity index (χ1) is 9.90. The Morgan fingerprint density at radius 3 is 2.41 bits per heavy atom. The molecule has 1 atom stereocenters. The number of rotatable bonds is 4. The van der Waals surface area contributed by atoms with Crippen molar-refractivity contribution in [3.8, 4) is 0 Å². The zero-order valence-electron chi connectivity index (χ0n) is 12.3. The van der Waals surface area contributed by atoms with E-state index in [1.807, 2.05) is 4.90 Å². The molecule has 0 aromatic heterocycles. The summed E-state index contributed by atoms with van der Waals surface area (Å²) in [4.78, 5) is 14.3. The lowest BCUT2D eigenvalue weighted by molar-refractivity contribution is 0.0623. The third-order valence-electron chi connectivity index (χ3n) is 3.73. The Labute approximate surface area is 137 Å². The molecule has 1 fully saturated rings. The Kier molecular flexibility index (Phi) is 6.80. The first kappa shape index (κ1) is 18.9.